The average Bonchev–Trinajstić information content (AvgIpc) is 2.85. The summed E-state index contributed by atoms with van der Waals surface area (Å²) in [7, 11) is -3.46. The van der Waals surface area contributed by atoms with Gasteiger partial charge in [-0.2, -0.15) is 0 Å². The lowest BCUT2D eigenvalue weighted by atomic mass is 10.0. The SMILES string of the molecule is CC(C)C(CCCl)NS(=O)(=O)c1ccc2c(c1)CCC2. The van der Waals surface area contributed by atoms with Crippen molar-refractivity contribution in [2.45, 2.75) is 50.5 Å². The highest BCUT2D eigenvalue weighted by molar-refractivity contribution is 7.89. The van der Waals surface area contributed by atoms with Crippen molar-refractivity contribution >= 4 is 21.6 Å². The van der Waals surface area contributed by atoms with E-state index in [4.69, 9.17) is 11.6 Å². The Balaban J connectivity index is 2.21. The van der Waals surface area contributed by atoms with Gasteiger partial charge >= 0.3 is 0 Å². The Bertz CT molecular complexity index is 569. The van der Waals surface area contributed by atoms with Crippen LogP contribution in [0.3, 0.4) is 0 Å². The molecule has 0 saturated carbocycles. The van der Waals surface area contributed by atoms with Crippen molar-refractivity contribution in [1.29, 1.82) is 0 Å². The normalized spacial score (nSPS) is 16.4. The first kappa shape index (κ1) is 15.8. The van der Waals surface area contributed by atoms with Gasteiger partial charge in [-0.3, -0.25) is 0 Å². The first-order valence-corrected chi connectivity index (χ1v) is 9.16. The summed E-state index contributed by atoms with van der Waals surface area (Å²) in [5, 5.41) is 0. The highest BCUT2D eigenvalue weighted by Gasteiger charge is 2.23. The van der Waals surface area contributed by atoms with Crippen LogP contribution in [-0.2, 0) is 22.9 Å². The maximum Gasteiger partial charge on any atom is 0.240 e. The number of nitrogens with one attached hydrogen (secondary N) is 1. The Morgan fingerprint density at radius 3 is 2.60 bits per heavy atom. The monoisotopic (exact) mass is 315 g/mol. The minimum Gasteiger partial charge on any atom is -0.208 e. The number of sulfonamides is 1. The number of benzene rings is 1. The van der Waals surface area contributed by atoms with Crippen molar-refractivity contribution in [1.82, 2.24) is 4.72 Å². The molecule has 1 aromatic rings. The highest BCUT2D eigenvalue weighted by atomic mass is 35.5. The predicted octanol–water partition coefficient (Wildman–Crippen LogP) is 3.11. The summed E-state index contributed by atoms with van der Waals surface area (Å²) >= 11 is 5.76. The molecule has 5 heteroatoms. The summed E-state index contributed by atoms with van der Waals surface area (Å²) in [5.74, 6) is 0.674. The molecular weight excluding hydrogens is 294 g/mol. The molecule has 3 nitrogen and oxygen atoms in total. The molecule has 20 heavy (non-hydrogen) atoms. The van der Waals surface area contributed by atoms with Gasteiger partial charge in [-0.15, -0.1) is 11.6 Å². The number of rotatable bonds is 6. The number of hydrogen-bond donors (Lipinski definition) is 1. The van der Waals surface area contributed by atoms with E-state index in [1.54, 1.807) is 6.07 Å². The van der Waals surface area contributed by atoms with Gasteiger partial charge in [0.25, 0.3) is 0 Å². The topological polar surface area (TPSA) is 46.2 Å². The fraction of sp³-hybridized carbons (Fsp3) is 0.600. The van der Waals surface area contributed by atoms with Crippen LogP contribution in [0.4, 0.5) is 0 Å². The standard InChI is InChI=1S/C15H22ClNO2S/c1-11(2)15(8-9-16)17-20(18,19)14-7-6-12-4-3-5-13(12)10-14/h6-7,10-11,15,17H,3-5,8-9H2,1-2H3. The first-order chi connectivity index (χ1) is 9.44. The van der Waals surface area contributed by atoms with Crippen molar-refractivity contribution in [3.63, 3.8) is 0 Å². The van der Waals surface area contributed by atoms with Gasteiger partial charge < -0.3 is 0 Å². The molecular formula is C15H22ClNO2S. The summed E-state index contributed by atoms with van der Waals surface area (Å²) in [6, 6.07) is 5.36. The molecule has 1 atom stereocenters. The molecule has 1 aliphatic rings. The third-order valence-corrected chi connectivity index (χ3v) is 5.62. The van der Waals surface area contributed by atoms with E-state index >= 15 is 0 Å². The first-order valence-electron chi connectivity index (χ1n) is 7.14. The van der Waals surface area contributed by atoms with Gasteiger partial charge in [0.05, 0.1) is 4.90 Å². The fourth-order valence-electron chi connectivity index (χ4n) is 2.63. The van der Waals surface area contributed by atoms with E-state index in [0.717, 1.165) is 19.3 Å². The maximum atomic E-state index is 12.5. The third-order valence-electron chi connectivity index (χ3n) is 3.91. The van der Waals surface area contributed by atoms with E-state index in [0.29, 0.717) is 17.2 Å². The zero-order chi connectivity index (χ0) is 14.8. The Morgan fingerprint density at radius 2 is 1.95 bits per heavy atom. The van der Waals surface area contributed by atoms with Crippen LogP contribution in [0.2, 0.25) is 0 Å². The number of fused-ring (bicyclic) bond motifs is 1. The molecule has 0 aliphatic heterocycles. The molecule has 0 fully saturated rings. The summed E-state index contributed by atoms with van der Waals surface area (Å²) < 4.78 is 27.7. The van der Waals surface area contributed by atoms with E-state index in [1.807, 2.05) is 26.0 Å². The molecule has 0 amide bonds. The van der Waals surface area contributed by atoms with Crippen LogP contribution < -0.4 is 4.72 Å². The molecule has 0 spiro atoms. The van der Waals surface area contributed by atoms with Crippen molar-refractivity contribution < 1.29 is 8.42 Å². The van der Waals surface area contributed by atoms with E-state index in [1.165, 1.54) is 11.1 Å². The smallest absolute Gasteiger partial charge is 0.208 e. The number of aryl methyl sites for hydroxylation is 2. The molecule has 1 N–H and O–H groups in total. The van der Waals surface area contributed by atoms with Crippen molar-refractivity contribution in [3.8, 4) is 0 Å². The quantitative estimate of drug-likeness (QED) is 0.820. The van der Waals surface area contributed by atoms with Crippen LogP contribution >= 0.6 is 11.6 Å². The van der Waals surface area contributed by atoms with Gasteiger partial charge in [0, 0.05) is 11.9 Å². The second-order valence-corrected chi connectivity index (χ2v) is 7.83. The van der Waals surface area contributed by atoms with Crippen LogP contribution in [0.1, 0.15) is 37.8 Å². The Labute approximate surface area is 126 Å². The van der Waals surface area contributed by atoms with Gasteiger partial charge in [0.2, 0.25) is 10.0 Å². The third kappa shape index (κ3) is 3.54. The van der Waals surface area contributed by atoms with Gasteiger partial charge in [-0.25, -0.2) is 13.1 Å². The van der Waals surface area contributed by atoms with Gasteiger partial charge in [0.1, 0.15) is 0 Å². The number of hydrogen-bond acceptors (Lipinski definition) is 2. The molecule has 112 valence electrons. The predicted molar refractivity (Wildman–Crippen MR) is 82.8 cm³/mol. The van der Waals surface area contributed by atoms with Crippen molar-refractivity contribution in [3.05, 3.63) is 29.3 Å². The summed E-state index contributed by atoms with van der Waals surface area (Å²) in [6.07, 6.45) is 3.80. The van der Waals surface area contributed by atoms with Crippen LogP contribution in [0.15, 0.2) is 23.1 Å². The van der Waals surface area contributed by atoms with Crippen molar-refractivity contribution in [2.24, 2.45) is 5.92 Å². The average molecular weight is 316 g/mol. The highest BCUT2D eigenvalue weighted by Crippen LogP contribution is 2.25. The Morgan fingerprint density at radius 1 is 1.25 bits per heavy atom. The lowest BCUT2D eigenvalue weighted by Crippen LogP contribution is -2.38. The minimum atomic E-state index is -3.46. The van der Waals surface area contributed by atoms with Crippen LogP contribution in [-0.4, -0.2) is 20.3 Å². The van der Waals surface area contributed by atoms with Crippen LogP contribution in [0.5, 0.6) is 0 Å². The lowest BCUT2D eigenvalue weighted by molar-refractivity contribution is 0.439. The molecule has 0 bridgehead atoms. The fourth-order valence-corrected chi connectivity index (χ4v) is 4.33. The van der Waals surface area contributed by atoms with Gasteiger partial charge in [-0.1, -0.05) is 19.9 Å². The van der Waals surface area contributed by atoms with Crippen molar-refractivity contribution in [2.75, 3.05) is 5.88 Å². The molecule has 1 unspecified atom stereocenters. The molecule has 0 saturated heterocycles. The Hall–Kier alpha value is -0.580. The molecule has 2 rings (SSSR count). The van der Waals surface area contributed by atoms with Gasteiger partial charge in [0.15, 0.2) is 0 Å². The summed E-state index contributed by atoms with van der Waals surface area (Å²) in [5.41, 5.74) is 2.46. The van der Waals surface area contributed by atoms with Gasteiger partial charge in [-0.05, 0) is 54.9 Å². The molecule has 0 aromatic heterocycles. The van der Waals surface area contributed by atoms with E-state index < -0.39 is 10.0 Å². The van der Waals surface area contributed by atoms with Crippen LogP contribution in [0, 0.1) is 5.92 Å². The largest absolute Gasteiger partial charge is 0.240 e. The van der Waals surface area contributed by atoms with E-state index in [9.17, 15) is 8.42 Å². The molecule has 1 aromatic carbocycles. The Kier molecular flexibility index (Phi) is 5.10. The molecule has 0 heterocycles. The minimum absolute atomic E-state index is 0.120. The maximum absolute atomic E-state index is 12.5. The number of alkyl halides is 1. The zero-order valence-electron chi connectivity index (χ0n) is 12.0. The summed E-state index contributed by atoms with van der Waals surface area (Å²) in [6.45, 7) is 4.00. The van der Waals surface area contributed by atoms with Crippen LogP contribution in [0.25, 0.3) is 0 Å². The number of halogens is 1. The van der Waals surface area contributed by atoms with E-state index in [-0.39, 0.29) is 12.0 Å². The van der Waals surface area contributed by atoms with E-state index in [2.05, 4.69) is 4.72 Å². The second kappa shape index (κ2) is 6.46. The lowest BCUT2D eigenvalue weighted by Gasteiger charge is -2.21. The second-order valence-electron chi connectivity index (χ2n) is 5.73. The zero-order valence-corrected chi connectivity index (χ0v) is 13.6. The molecule has 0 radical (unpaired) electrons. The summed E-state index contributed by atoms with van der Waals surface area (Å²) in [4.78, 5) is 0.373. The molecule has 1 aliphatic carbocycles.